The third-order valence-corrected chi connectivity index (χ3v) is 4.08. The first kappa shape index (κ1) is 22.4. The largest absolute Gasteiger partial charge is 0.338 e. The van der Waals surface area contributed by atoms with Crippen molar-refractivity contribution in [2.45, 2.75) is 79.1 Å². The van der Waals surface area contributed by atoms with Crippen molar-refractivity contribution in [3.63, 3.8) is 0 Å². The number of aryl methyl sites for hydroxylation is 4. The second kappa shape index (κ2) is 15.0. The van der Waals surface area contributed by atoms with Gasteiger partial charge in [-0.2, -0.15) is 0 Å². The summed E-state index contributed by atoms with van der Waals surface area (Å²) in [7, 11) is 3.95. The number of unbranched alkanes of at least 4 members (excludes halogenated alkanes) is 7. The van der Waals surface area contributed by atoms with E-state index >= 15 is 0 Å². The second-order valence-electron chi connectivity index (χ2n) is 6.29. The van der Waals surface area contributed by atoms with Crippen molar-refractivity contribution in [1.82, 2.24) is 19.1 Å². The molecule has 0 fully saturated rings. The Labute approximate surface area is 149 Å². The van der Waals surface area contributed by atoms with E-state index in [0.29, 0.717) is 0 Å². The highest BCUT2D eigenvalue weighted by atomic mass is 15.0. The average Bonchev–Trinajstić information content (AvgIpc) is 3.13. The Kier molecular flexibility index (Phi) is 14.0. The summed E-state index contributed by atoms with van der Waals surface area (Å²) in [6.45, 7) is 8.48. The molecule has 24 heavy (non-hydrogen) atoms. The minimum Gasteiger partial charge on any atom is -0.338 e. The summed E-state index contributed by atoms with van der Waals surface area (Å²) in [5, 5.41) is 0. The van der Waals surface area contributed by atoms with E-state index < -0.39 is 0 Å². The summed E-state index contributed by atoms with van der Waals surface area (Å²) in [6.07, 6.45) is 18.9. The number of rotatable bonds is 7. The molecule has 2 heterocycles. The zero-order valence-corrected chi connectivity index (χ0v) is 16.8. The number of nitrogens with zero attached hydrogens (tertiary/aromatic N) is 4. The monoisotopic (exact) mass is 334 g/mol. The van der Waals surface area contributed by atoms with Crippen LogP contribution in [0.25, 0.3) is 0 Å². The molecule has 0 aliphatic rings. The van der Waals surface area contributed by atoms with Gasteiger partial charge in [0.1, 0.15) is 11.6 Å². The zero-order chi connectivity index (χ0) is 18.2. The molecule has 4 nitrogen and oxygen atoms in total. The fourth-order valence-electron chi connectivity index (χ4n) is 2.09. The predicted molar refractivity (Wildman–Crippen MR) is 104 cm³/mol. The minimum atomic E-state index is 1.06. The van der Waals surface area contributed by atoms with E-state index in [1.54, 1.807) is 12.4 Å². The SMILES string of the molecule is CCCCCCCCCC.Cc1nccn1C.Cc1nccn1C. The van der Waals surface area contributed by atoms with E-state index in [0.717, 1.165) is 11.6 Å². The standard InChI is InChI=1S/C10H22.2C5H8N2/c1-3-5-7-9-10-8-6-4-2;2*1-5-6-3-4-7(5)2/h3-10H2,1-2H3;2*3-4H,1-2H3. The van der Waals surface area contributed by atoms with Gasteiger partial charge in [0.25, 0.3) is 0 Å². The van der Waals surface area contributed by atoms with Crippen LogP contribution in [0.1, 0.15) is 76.9 Å². The van der Waals surface area contributed by atoms with Gasteiger partial charge < -0.3 is 9.13 Å². The molecule has 2 aromatic rings. The molecule has 0 saturated heterocycles. The topological polar surface area (TPSA) is 35.6 Å². The van der Waals surface area contributed by atoms with E-state index in [9.17, 15) is 0 Å². The molecule has 0 atom stereocenters. The third-order valence-electron chi connectivity index (χ3n) is 4.08. The second-order valence-corrected chi connectivity index (χ2v) is 6.29. The maximum absolute atomic E-state index is 3.98. The van der Waals surface area contributed by atoms with Gasteiger partial charge in [0.2, 0.25) is 0 Å². The molecule has 0 spiro atoms. The Morgan fingerprint density at radius 3 is 1.17 bits per heavy atom. The summed E-state index contributed by atoms with van der Waals surface area (Å²) in [5.74, 6) is 2.11. The van der Waals surface area contributed by atoms with Crippen molar-refractivity contribution in [2.24, 2.45) is 14.1 Å². The number of aromatic nitrogens is 4. The van der Waals surface area contributed by atoms with Crippen LogP contribution in [0.15, 0.2) is 24.8 Å². The van der Waals surface area contributed by atoms with Crippen LogP contribution in [0.4, 0.5) is 0 Å². The quantitative estimate of drug-likeness (QED) is 0.617. The van der Waals surface area contributed by atoms with Gasteiger partial charge in [0.15, 0.2) is 0 Å². The molecule has 0 radical (unpaired) electrons. The van der Waals surface area contributed by atoms with Crippen LogP contribution in [-0.2, 0) is 14.1 Å². The van der Waals surface area contributed by atoms with E-state index in [2.05, 4.69) is 23.8 Å². The van der Waals surface area contributed by atoms with Crippen molar-refractivity contribution in [1.29, 1.82) is 0 Å². The molecule has 0 aromatic carbocycles. The van der Waals surface area contributed by atoms with Gasteiger partial charge in [-0.15, -0.1) is 0 Å². The van der Waals surface area contributed by atoms with Crippen molar-refractivity contribution in [2.75, 3.05) is 0 Å². The van der Waals surface area contributed by atoms with Gasteiger partial charge in [0, 0.05) is 38.9 Å². The Bertz CT molecular complexity index is 420. The lowest BCUT2D eigenvalue weighted by Crippen LogP contribution is -1.86. The van der Waals surface area contributed by atoms with Gasteiger partial charge in [-0.3, -0.25) is 0 Å². The molecule has 0 amide bonds. The highest BCUT2D eigenvalue weighted by Gasteiger charge is 1.87. The van der Waals surface area contributed by atoms with Gasteiger partial charge in [0.05, 0.1) is 0 Å². The van der Waals surface area contributed by atoms with Crippen molar-refractivity contribution in [3.8, 4) is 0 Å². The maximum Gasteiger partial charge on any atom is 0.105 e. The Hall–Kier alpha value is -1.58. The summed E-state index contributed by atoms with van der Waals surface area (Å²) in [4.78, 5) is 7.96. The summed E-state index contributed by atoms with van der Waals surface area (Å²) < 4.78 is 3.94. The number of imidazole rings is 2. The van der Waals surface area contributed by atoms with E-state index in [1.165, 1.54) is 51.4 Å². The molecule has 0 aliphatic heterocycles. The fraction of sp³-hybridized carbons (Fsp3) is 0.700. The van der Waals surface area contributed by atoms with Crippen LogP contribution in [0.5, 0.6) is 0 Å². The van der Waals surface area contributed by atoms with Crippen LogP contribution < -0.4 is 0 Å². The van der Waals surface area contributed by atoms with E-state index in [4.69, 9.17) is 0 Å². The van der Waals surface area contributed by atoms with Gasteiger partial charge in [-0.25, -0.2) is 9.97 Å². The first-order valence-electron chi connectivity index (χ1n) is 9.40. The number of hydrogen-bond donors (Lipinski definition) is 0. The normalized spacial score (nSPS) is 9.75. The zero-order valence-electron chi connectivity index (χ0n) is 16.8. The molecular weight excluding hydrogens is 296 g/mol. The molecule has 2 aromatic heterocycles. The molecule has 138 valence electrons. The highest BCUT2D eigenvalue weighted by Crippen LogP contribution is 2.07. The van der Waals surface area contributed by atoms with Crippen molar-refractivity contribution < 1.29 is 0 Å². The predicted octanol–water partition coefficient (Wildman–Crippen LogP) is 5.60. The maximum atomic E-state index is 3.98. The molecule has 0 bridgehead atoms. The lowest BCUT2D eigenvalue weighted by atomic mass is 10.1. The lowest BCUT2D eigenvalue weighted by Gasteiger charge is -1.97. The van der Waals surface area contributed by atoms with Gasteiger partial charge in [-0.1, -0.05) is 65.2 Å². The van der Waals surface area contributed by atoms with Gasteiger partial charge in [-0.05, 0) is 13.8 Å². The average molecular weight is 335 g/mol. The summed E-state index contributed by atoms with van der Waals surface area (Å²) in [5.41, 5.74) is 0. The highest BCUT2D eigenvalue weighted by molar-refractivity contribution is 4.86. The first-order chi connectivity index (χ1) is 11.5. The minimum absolute atomic E-state index is 1.06. The van der Waals surface area contributed by atoms with Crippen LogP contribution in [-0.4, -0.2) is 19.1 Å². The summed E-state index contributed by atoms with van der Waals surface area (Å²) in [6, 6.07) is 0. The Balaban J connectivity index is 0.000000337. The Morgan fingerprint density at radius 1 is 0.667 bits per heavy atom. The van der Waals surface area contributed by atoms with E-state index in [1.807, 2.05) is 49.5 Å². The molecule has 0 unspecified atom stereocenters. The Morgan fingerprint density at radius 2 is 1.00 bits per heavy atom. The fourth-order valence-corrected chi connectivity index (χ4v) is 2.09. The van der Waals surface area contributed by atoms with E-state index in [-0.39, 0.29) is 0 Å². The molecule has 0 saturated carbocycles. The van der Waals surface area contributed by atoms with Crippen LogP contribution in [0, 0.1) is 13.8 Å². The van der Waals surface area contributed by atoms with Crippen molar-refractivity contribution >= 4 is 0 Å². The molecule has 4 heteroatoms. The van der Waals surface area contributed by atoms with Gasteiger partial charge >= 0.3 is 0 Å². The molecule has 0 N–H and O–H groups in total. The smallest absolute Gasteiger partial charge is 0.105 e. The number of hydrogen-bond acceptors (Lipinski definition) is 2. The van der Waals surface area contributed by atoms with Crippen LogP contribution in [0.2, 0.25) is 0 Å². The summed E-state index contributed by atoms with van der Waals surface area (Å²) >= 11 is 0. The van der Waals surface area contributed by atoms with Crippen LogP contribution >= 0.6 is 0 Å². The first-order valence-corrected chi connectivity index (χ1v) is 9.40. The van der Waals surface area contributed by atoms with Crippen LogP contribution in [0.3, 0.4) is 0 Å². The molecular formula is C20H38N4. The molecule has 2 rings (SSSR count). The van der Waals surface area contributed by atoms with Crippen molar-refractivity contribution in [3.05, 3.63) is 36.4 Å². The molecule has 0 aliphatic carbocycles. The lowest BCUT2D eigenvalue weighted by molar-refractivity contribution is 0.585. The third kappa shape index (κ3) is 11.9.